The van der Waals surface area contributed by atoms with Crippen LogP contribution in [0.4, 0.5) is 0 Å². The Morgan fingerprint density at radius 3 is 2.38 bits per heavy atom. The van der Waals surface area contributed by atoms with E-state index in [2.05, 4.69) is 20.5 Å². The molecule has 0 aromatic heterocycles. The summed E-state index contributed by atoms with van der Waals surface area (Å²) >= 11 is 0. The van der Waals surface area contributed by atoms with Gasteiger partial charge in [-0.05, 0) is 50.4 Å². The molecule has 3 fully saturated rings. The van der Waals surface area contributed by atoms with Gasteiger partial charge in [-0.3, -0.25) is 4.99 Å². The highest BCUT2D eigenvalue weighted by Gasteiger charge is 2.23. The third kappa shape index (κ3) is 6.27. The molecule has 4 nitrogen and oxygen atoms in total. The normalized spacial score (nSPS) is 25.0. The first-order chi connectivity index (χ1) is 11.8. The van der Waals surface area contributed by atoms with Crippen molar-refractivity contribution >= 4 is 5.96 Å². The van der Waals surface area contributed by atoms with Crippen LogP contribution < -0.4 is 10.6 Å². The average molecular weight is 335 g/mol. The predicted molar refractivity (Wildman–Crippen MR) is 102 cm³/mol. The van der Waals surface area contributed by atoms with Gasteiger partial charge in [-0.2, -0.15) is 0 Å². The van der Waals surface area contributed by atoms with Crippen molar-refractivity contribution in [3.8, 4) is 0 Å². The van der Waals surface area contributed by atoms with Crippen molar-refractivity contribution in [3.05, 3.63) is 0 Å². The van der Waals surface area contributed by atoms with Crippen molar-refractivity contribution < 1.29 is 0 Å². The molecule has 138 valence electrons. The summed E-state index contributed by atoms with van der Waals surface area (Å²) in [5.74, 6) is 3.02. The second-order valence-electron chi connectivity index (χ2n) is 8.31. The van der Waals surface area contributed by atoms with E-state index in [0.717, 1.165) is 24.3 Å². The highest BCUT2D eigenvalue weighted by Crippen LogP contribution is 2.33. The van der Waals surface area contributed by atoms with E-state index in [1.54, 1.807) is 0 Å². The smallest absolute Gasteiger partial charge is 0.191 e. The molecule has 2 aliphatic carbocycles. The molecule has 2 N–H and O–H groups in total. The van der Waals surface area contributed by atoms with Gasteiger partial charge in [0.25, 0.3) is 0 Å². The van der Waals surface area contributed by atoms with Crippen molar-refractivity contribution in [3.63, 3.8) is 0 Å². The largest absolute Gasteiger partial charge is 0.356 e. The zero-order valence-corrected chi connectivity index (χ0v) is 15.7. The van der Waals surface area contributed by atoms with Gasteiger partial charge in [0.15, 0.2) is 5.96 Å². The van der Waals surface area contributed by atoms with Crippen LogP contribution in [0.1, 0.15) is 70.6 Å². The van der Waals surface area contributed by atoms with Gasteiger partial charge < -0.3 is 15.5 Å². The Balaban J connectivity index is 1.28. The standard InChI is InChI=1S/C20H38N4/c1-21-20(22-13-5-8-17-9-10-17)23-19-11-14-24(15-12-19)16-18-6-3-2-4-7-18/h17-19H,2-16H2,1H3,(H2,21,22,23). The van der Waals surface area contributed by atoms with E-state index < -0.39 is 0 Å². The zero-order valence-electron chi connectivity index (χ0n) is 15.7. The molecule has 24 heavy (non-hydrogen) atoms. The van der Waals surface area contributed by atoms with Gasteiger partial charge >= 0.3 is 0 Å². The molecule has 0 radical (unpaired) electrons. The Hall–Kier alpha value is -0.770. The van der Waals surface area contributed by atoms with E-state index in [9.17, 15) is 0 Å². The molecular formula is C20H38N4. The summed E-state index contributed by atoms with van der Waals surface area (Å²) in [6.07, 6.45) is 15.5. The summed E-state index contributed by atoms with van der Waals surface area (Å²) in [6.45, 7) is 4.93. The summed E-state index contributed by atoms with van der Waals surface area (Å²) in [7, 11) is 1.90. The fourth-order valence-electron chi connectivity index (χ4n) is 4.39. The van der Waals surface area contributed by atoms with Crippen LogP contribution in [-0.4, -0.2) is 50.1 Å². The molecule has 0 spiro atoms. The number of hydrogen-bond donors (Lipinski definition) is 2. The van der Waals surface area contributed by atoms with Gasteiger partial charge in [-0.1, -0.05) is 32.1 Å². The monoisotopic (exact) mass is 334 g/mol. The zero-order chi connectivity index (χ0) is 16.6. The van der Waals surface area contributed by atoms with Crippen molar-refractivity contribution in [1.29, 1.82) is 0 Å². The van der Waals surface area contributed by atoms with Gasteiger partial charge in [0, 0.05) is 39.3 Å². The van der Waals surface area contributed by atoms with E-state index in [1.165, 1.54) is 90.3 Å². The number of nitrogens with zero attached hydrogens (tertiary/aromatic N) is 2. The third-order valence-corrected chi connectivity index (χ3v) is 6.17. The highest BCUT2D eigenvalue weighted by molar-refractivity contribution is 5.79. The number of likely N-dealkylation sites (tertiary alicyclic amines) is 1. The lowest BCUT2D eigenvalue weighted by molar-refractivity contribution is 0.160. The molecule has 0 bridgehead atoms. The molecule has 1 heterocycles. The maximum atomic E-state index is 4.41. The van der Waals surface area contributed by atoms with Gasteiger partial charge in [-0.15, -0.1) is 0 Å². The summed E-state index contributed by atoms with van der Waals surface area (Å²) in [5, 5.41) is 7.15. The molecular weight excluding hydrogens is 296 g/mol. The Bertz CT molecular complexity index is 377. The lowest BCUT2D eigenvalue weighted by Gasteiger charge is -2.36. The second-order valence-corrected chi connectivity index (χ2v) is 8.31. The second kappa shape index (κ2) is 9.65. The van der Waals surface area contributed by atoms with E-state index in [-0.39, 0.29) is 0 Å². The van der Waals surface area contributed by atoms with Gasteiger partial charge in [-0.25, -0.2) is 0 Å². The molecule has 4 heteroatoms. The quantitative estimate of drug-likeness (QED) is 0.426. The van der Waals surface area contributed by atoms with Crippen LogP contribution in [0.25, 0.3) is 0 Å². The molecule has 0 aromatic carbocycles. The van der Waals surface area contributed by atoms with Crippen LogP contribution in [0.5, 0.6) is 0 Å². The van der Waals surface area contributed by atoms with E-state index >= 15 is 0 Å². The number of guanidine groups is 1. The van der Waals surface area contributed by atoms with Crippen LogP contribution in [-0.2, 0) is 0 Å². The molecule has 1 saturated heterocycles. The topological polar surface area (TPSA) is 39.7 Å². The van der Waals surface area contributed by atoms with Crippen molar-refractivity contribution in [2.45, 2.75) is 76.7 Å². The SMILES string of the molecule is CN=C(NCCCC1CC1)NC1CCN(CC2CCCCC2)CC1. The maximum Gasteiger partial charge on any atom is 0.191 e. The Morgan fingerprint density at radius 2 is 1.71 bits per heavy atom. The van der Waals surface area contributed by atoms with Gasteiger partial charge in [0.05, 0.1) is 0 Å². The van der Waals surface area contributed by atoms with Gasteiger partial charge in [0.2, 0.25) is 0 Å². The molecule has 0 aromatic rings. The maximum absolute atomic E-state index is 4.41. The molecule has 1 aliphatic heterocycles. The van der Waals surface area contributed by atoms with Crippen LogP contribution in [0.3, 0.4) is 0 Å². The van der Waals surface area contributed by atoms with E-state index in [0.29, 0.717) is 6.04 Å². The van der Waals surface area contributed by atoms with Gasteiger partial charge in [0.1, 0.15) is 0 Å². The number of nitrogens with one attached hydrogen (secondary N) is 2. The Kier molecular flexibility index (Phi) is 7.25. The first-order valence-electron chi connectivity index (χ1n) is 10.5. The molecule has 0 atom stereocenters. The minimum atomic E-state index is 0.599. The number of piperidine rings is 1. The molecule has 0 unspecified atom stereocenters. The lowest BCUT2D eigenvalue weighted by Crippen LogP contribution is -2.49. The summed E-state index contributed by atoms with van der Waals surface area (Å²) < 4.78 is 0. The van der Waals surface area contributed by atoms with E-state index in [1.807, 2.05) is 7.05 Å². The number of rotatable bonds is 7. The van der Waals surface area contributed by atoms with Crippen molar-refractivity contribution in [1.82, 2.24) is 15.5 Å². The molecule has 3 aliphatic rings. The van der Waals surface area contributed by atoms with E-state index in [4.69, 9.17) is 0 Å². The number of aliphatic imine (C=N–C) groups is 1. The minimum Gasteiger partial charge on any atom is -0.356 e. The Morgan fingerprint density at radius 1 is 0.958 bits per heavy atom. The first kappa shape index (κ1) is 18.0. The van der Waals surface area contributed by atoms with Crippen LogP contribution >= 0.6 is 0 Å². The van der Waals surface area contributed by atoms with Crippen molar-refractivity contribution in [2.24, 2.45) is 16.8 Å². The molecule has 3 rings (SSSR count). The summed E-state index contributed by atoms with van der Waals surface area (Å²) in [4.78, 5) is 7.12. The minimum absolute atomic E-state index is 0.599. The van der Waals surface area contributed by atoms with Crippen molar-refractivity contribution in [2.75, 3.05) is 33.2 Å². The summed E-state index contributed by atoms with van der Waals surface area (Å²) in [6, 6.07) is 0.599. The fourth-order valence-corrected chi connectivity index (χ4v) is 4.39. The lowest BCUT2D eigenvalue weighted by atomic mass is 9.88. The Labute approximate surface area is 148 Å². The summed E-state index contributed by atoms with van der Waals surface area (Å²) in [5.41, 5.74) is 0. The number of hydrogen-bond acceptors (Lipinski definition) is 2. The van der Waals surface area contributed by atoms with Crippen LogP contribution in [0.15, 0.2) is 4.99 Å². The predicted octanol–water partition coefficient (Wildman–Crippen LogP) is 3.39. The third-order valence-electron chi connectivity index (χ3n) is 6.17. The van der Waals surface area contributed by atoms with Crippen LogP contribution in [0, 0.1) is 11.8 Å². The van der Waals surface area contributed by atoms with Crippen LogP contribution in [0.2, 0.25) is 0 Å². The fraction of sp³-hybridized carbons (Fsp3) is 0.950. The highest BCUT2D eigenvalue weighted by atomic mass is 15.2. The molecule has 2 saturated carbocycles. The first-order valence-corrected chi connectivity index (χ1v) is 10.5. The molecule has 0 amide bonds. The average Bonchev–Trinajstić information content (AvgIpc) is 3.44.